The molecule has 2 aromatic carbocycles. The molecule has 130 valence electrons. The van der Waals surface area contributed by atoms with Crippen LogP contribution in [0.3, 0.4) is 0 Å². The van der Waals surface area contributed by atoms with E-state index in [1.165, 1.54) is 25.3 Å². The Balaban J connectivity index is 1.88. The first-order valence-electron chi connectivity index (χ1n) is 8.08. The molecule has 0 amide bonds. The fourth-order valence-electron chi connectivity index (χ4n) is 2.87. The fraction of sp³-hybridized carbons (Fsp3) is 0.143. The molecule has 0 unspecified atom stereocenters. The Morgan fingerprint density at radius 2 is 1.42 bits per heavy atom. The summed E-state index contributed by atoms with van der Waals surface area (Å²) in [5, 5.41) is 0. The van der Waals surface area contributed by atoms with Crippen LogP contribution in [0, 0.1) is 0 Å². The lowest BCUT2D eigenvalue weighted by atomic mass is 9.77. The number of methoxy groups -OCH3 is 1. The molecule has 0 saturated heterocycles. The first-order valence-corrected chi connectivity index (χ1v) is 8.08. The minimum Gasteiger partial charge on any atom is -0.497 e. The van der Waals surface area contributed by atoms with E-state index >= 15 is 0 Å². The summed E-state index contributed by atoms with van der Waals surface area (Å²) in [6.45, 7) is 0. The zero-order chi connectivity index (χ0) is 18.7. The quantitative estimate of drug-likeness (QED) is 0.366. The van der Waals surface area contributed by atoms with Crippen LogP contribution in [0.4, 0.5) is 0 Å². The molecule has 3 rings (SSSR count). The van der Waals surface area contributed by atoms with Gasteiger partial charge in [0.15, 0.2) is 0 Å². The van der Waals surface area contributed by atoms with E-state index in [1.807, 2.05) is 30.3 Å². The van der Waals surface area contributed by atoms with Crippen molar-refractivity contribution in [1.82, 2.24) is 0 Å². The van der Waals surface area contributed by atoms with E-state index < -0.39 is 29.1 Å². The van der Waals surface area contributed by atoms with Crippen LogP contribution in [0.1, 0.15) is 17.0 Å². The van der Waals surface area contributed by atoms with Crippen LogP contribution in [0.25, 0.3) is 0 Å². The standard InChI is InChI=1S/C21H16O5/c1-26-15-10-8-14(9-11-15)17-20(24)18(22)16(19(23)21(17)25)12-7-13-5-3-2-4-6-13/h2-6,8-12,17H,7H2,1H3. The molecule has 0 radical (unpaired) electrons. The summed E-state index contributed by atoms with van der Waals surface area (Å²) >= 11 is 0. The number of hydrogen-bond donors (Lipinski definition) is 0. The molecule has 1 aliphatic rings. The van der Waals surface area contributed by atoms with E-state index in [0.29, 0.717) is 17.7 Å². The normalized spacial score (nSPS) is 17.4. The van der Waals surface area contributed by atoms with E-state index in [1.54, 1.807) is 12.1 Å². The molecule has 0 aromatic heterocycles. The van der Waals surface area contributed by atoms with E-state index in [-0.39, 0.29) is 5.57 Å². The largest absolute Gasteiger partial charge is 0.497 e. The molecular weight excluding hydrogens is 332 g/mol. The van der Waals surface area contributed by atoms with E-state index in [2.05, 4.69) is 0 Å². The summed E-state index contributed by atoms with van der Waals surface area (Å²) in [7, 11) is 1.49. The molecule has 0 bridgehead atoms. The molecule has 5 nitrogen and oxygen atoms in total. The van der Waals surface area contributed by atoms with Crippen molar-refractivity contribution in [2.75, 3.05) is 7.11 Å². The summed E-state index contributed by atoms with van der Waals surface area (Å²) in [6.07, 6.45) is 1.65. The van der Waals surface area contributed by atoms with Crippen molar-refractivity contribution in [3.8, 4) is 5.75 Å². The lowest BCUT2D eigenvalue weighted by Crippen LogP contribution is -2.42. The second kappa shape index (κ2) is 7.27. The summed E-state index contributed by atoms with van der Waals surface area (Å²) in [5.74, 6) is -4.41. The predicted octanol–water partition coefficient (Wildman–Crippen LogP) is 2.24. The van der Waals surface area contributed by atoms with Crippen molar-refractivity contribution in [3.05, 3.63) is 77.4 Å². The molecule has 0 aliphatic heterocycles. The van der Waals surface area contributed by atoms with Gasteiger partial charge in [0.05, 0.1) is 12.7 Å². The van der Waals surface area contributed by atoms with Crippen LogP contribution < -0.4 is 4.74 Å². The minimum absolute atomic E-state index is 0.293. The average Bonchev–Trinajstić information content (AvgIpc) is 2.68. The maximum absolute atomic E-state index is 12.5. The van der Waals surface area contributed by atoms with Crippen molar-refractivity contribution in [1.29, 1.82) is 0 Å². The van der Waals surface area contributed by atoms with Gasteiger partial charge >= 0.3 is 0 Å². The highest BCUT2D eigenvalue weighted by molar-refractivity contribution is 6.69. The second-order valence-electron chi connectivity index (χ2n) is 5.90. The number of allylic oxidation sites excluding steroid dienone is 2. The zero-order valence-electron chi connectivity index (χ0n) is 14.1. The molecule has 26 heavy (non-hydrogen) atoms. The van der Waals surface area contributed by atoms with E-state index in [9.17, 15) is 19.2 Å². The lowest BCUT2D eigenvalue weighted by molar-refractivity contribution is -0.146. The first-order chi connectivity index (χ1) is 12.5. The van der Waals surface area contributed by atoms with Crippen LogP contribution >= 0.6 is 0 Å². The Hall–Kier alpha value is -3.34. The maximum Gasteiger partial charge on any atom is 0.233 e. The van der Waals surface area contributed by atoms with Gasteiger partial charge in [-0.2, -0.15) is 0 Å². The van der Waals surface area contributed by atoms with Crippen LogP contribution in [-0.2, 0) is 25.6 Å². The summed E-state index contributed by atoms with van der Waals surface area (Å²) in [6, 6.07) is 15.3. The van der Waals surface area contributed by atoms with Gasteiger partial charge in [0.1, 0.15) is 11.7 Å². The maximum atomic E-state index is 12.5. The summed E-state index contributed by atoms with van der Waals surface area (Å²) in [4.78, 5) is 49.7. The van der Waals surface area contributed by atoms with Gasteiger partial charge in [-0.05, 0) is 29.7 Å². The number of benzene rings is 2. The molecule has 0 heterocycles. The Kier molecular flexibility index (Phi) is 4.89. The summed E-state index contributed by atoms with van der Waals surface area (Å²) < 4.78 is 5.03. The summed E-state index contributed by atoms with van der Waals surface area (Å²) in [5.41, 5.74) is 0.844. The molecule has 1 aliphatic carbocycles. The zero-order valence-corrected chi connectivity index (χ0v) is 14.1. The number of carbonyl (C=O) groups excluding carboxylic acids is 4. The number of rotatable bonds is 4. The van der Waals surface area contributed by atoms with Crippen molar-refractivity contribution in [3.63, 3.8) is 0 Å². The number of Topliss-reactive ketones (excluding diaryl/α,β-unsaturated/α-hetero) is 4. The van der Waals surface area contributed by atoms with Gasteiger partial charge in [-0.15, -0.1) is 0 Å². The number of hydrogen-bond acceptors (Lipinski definition) is 5. The first kappa shape index (κ1) is 17.5. The van der Waals surface area contributed by atoms with E-state index in [4.69, 9.17) is 4.74 Å². The fourth-order valence-corrected chi connectivity index (χ4v) is 2.87. The predicted molar refractivity (Wildman–Crippen MR) is 94.0 cm³/mol. The second-order valence-corrected chi connectivity index (χ2v) is 5.90. The number of ketones is 4. The molecule has 0 N–H and O–H groups in total. The molecule has 0 atom stereocenters. The monoisotopic (exact) mass is 348 g/mol. The smallest absolute Gasteiger partial charge is 0.233 e. The van der Waals surface area contributed by atoms with Crippen LogP contribution in [0.2, 0.25) is 0 Å². The highest BCUT2D eigenvalue weighted by Crippen LogP contribution is 2.28. The van der Waals surface area contributed by atoms with Crippen LogP contribution in [0.5, 0.6) is 5.75 Å². The molecule has 1 fully saturated rings. The van der Waals surface area contributed by atoms with Crippen molar-refractivity contribution in [2.24, 2.45) is 0 Å². The highest BCUT2D eigenvalue weighted by Gasteiger charge is 2.45. The van der Waals surface area contributed by atoms with Gasteiger partial charge in [0.25, 0.3) is 0 Å². The molecular formula is C21H16O5. The Morgan fingerprint density at radius 1 is 0.846 bits per heavy atom. The molecule has 2 aromatic rings. The van der Waals surface area contributed by atoms with E-state index in [0.717, 1.165) is 5.56 Å². The molecule has 0 spiro atoms. The van der Waals surface area contributed by atoms with Crippen molar-refractivity contribution in [2.45, 2.75) is 12.3 Å². The van der Waals surface area contributed by atoms with Gasteiger partial charge in [-0.25, -0.2) is 0 Å². The topological polar surface area (TPSA) is 77.5 Å². The van der Waals surface area contributed by atoms with Gasteiger partial charge in [0.2, 0.25) is 23.1 Å². The third kappa shape index (κ3) is 3.24. The number of ether oxygens (including phenoxy) is 1. The highest BCUT2D eigenvalue weighted by atomic mass is 16.5. The third-order valence-corrected chi connectivity index (χ3v) is 4.30. The van der Waals surface area contributed by atoms with Gasteiger partial charge in [-0.1, -0.05) is 48.5 Å². The Labute approximate surface area is 150 Å². The van der Waals surface area contributed by atoms with Crippen LogP contribution in [0.15, 0.2) is 66.2 Å². The van der Waals surface area contributed by atoms with Gasteiger partial charge in [-0.3, -0.25) is 19.2 Å². The average molecular weight is 348 g/mol. The van der Waals surface area contributed by atoms with Gasteiger partial charge in [0, 0.05) is 0 Å². The SMILES string of the molecule is COc1ccc(C2C(=O)C(=O)C(=CCc3ccccc3)C(=O)C2=O)cc1. The molecule has 1 saturated carbocycles. The lowest BCUT2D eigenvalue weighted by Gasteiger charge is -2.20. The van der Waals surface area contributed by atoms with Crippen molar-refractivity contribution < 1.29 is 23.9 Å². The van der Waals surface area contributed by atoms with Crippen molar-refractivity contribution >= 4 is 23.1 Å². The Morgan fingerprint density at radius 3 is 1.96 bits per heavy atom. The van der Waals surface area contributed by atoms with Crippen LogP contribution in [-0.4, -0.2) is 30.2 Å². The molecule has 5 heteroatoms. The minimum atomic E-state index is -1.38. The number of carbonyl (C=O) groups is 4. The van der Waals surface area contributed by atoms with Gasteiger partial charge < -0.3 is 4.74 Å². The Bertz CT molecular complexity index is 877. The third-order valence-electron chi connectivity index (χ3n) is 4.30.